The average molecular weight is 277 g/mol. The summed E-state index contributed by atoms with van der Waals surface area (Å²) in [5.74, 6) is 0.579. The van der Waals surface area contributed by atoms with Gasteiger partial charge in [-0.2, -0.15) is 16.9 Å². The number of esters is 1. The molecule has 0 aromatic carbocycles. The fourth-order valence-corrected chi connectivity index (χ4v) is 2.81. The molecule has 0 spiro atoms. The molecule has 4 nitrogen and oxygen atoms in total. The standard InChI is InChI=1S/C11H17ClN2O2S/c1-7(5-10(15)16-4)17-6-9-8(2)13-14(3)11(9)12/h7H,5-6H2,1-4H3. The lowest BCUT2D eigenvalue weighted by Crippen LogP contribution is -2.08. The molecule has 0 N–H and O–H groups in total. The van der Waals surface area contributed by atoms with Crippen molar-refractivity contribution in [3.63, 3.8) is 0 Å². The molecule has 17 heavy (non-hydrogen) atoms. The second-order valence-corrected chi connectivity index (χ2v) is 5.67. The first-order valence-corrected chi connectivity index (χ1v) is 6.74. The zero-order valence-electron chi connectivity index (χ0n) is 10.5. The predicted molar refractivity (Wildman–Crippen MR) is 70.3 cm³/mol. The number of nitrogens with zero attached hydrogens (tertiary/aromatic N) is 2. The molecule has 1 rings (SSSR count). The molecule has 96 valence electrons. The summed E-state index contributed by atoms with van der Waals surface area (Å²) in [4.78, 5) is 11.1. The predicted octanol–water partition coefficient (Wildman–Crippen LogP) is 2.57. The smallest absolute Gasteiger partial charge is 0.306 e. The molecular formula is C11H17ClN2O2S. The van der Waals surface area contributed by atoms with Crippen LogP contribution in [0.5, 0.6) is 0 Å². The average Bonchev–Trinajstić information content (AvgIpc) is 2.51. The number of hydrogen-bond donors (Lipinski definition) is 0. The van der Waals surface area contributed by atoms with Crippen LogP contribution in [0.1, 0.15) is 24.6 Å². The highest BCUT2D eigenvalue weighted by molar-refractivity contribution is 7.99. The van der Waals surface area contributed by atoms with E-state index in [0.29, 0.717) is 11.6 Å². The Morgan fingerprint density at radius 2 is 2.29 bits per heavy atom. The molecule has 0 radical (unpaired) electrons. The van der Waals surface area contributed by atoms with E-state index in [1.165, 1.54) is 7.11 Å². The number of carbonyl (C=O) groups is 1. The number of halogens is 1. The minimum Gasteiger partial charge on any atom is -0.469 e. The molecule has 1 aromatic heterocycles. The van der Waals surface area contributed by atoms with Gasteiger partial charge in [-0.25, -0.2) is 0 Å². The van der Waals surface area contributed by atoms with Gasteiger partial charge in [0.2, 0.25) is 0 Å². The van der Waals surface area contributed by atoms with E-state index in [1.807, 2.05) is 20.9 Å². The van der Waals surface area contributed by atoms with Crippen molar-refractivity contribution < 1.29 is 9.53 Å². The van der Waals surface area contributed by atoms with E-state index in [-0.39, 0.29) is 11.2 Å². The number of aryl methyl sites for hydroxylation is 2. The van der Waals surface area contributed by atoms with Crippen molar-refractivity contribution in [1.82, 2.24) is 9.78 Å². The number of ether oxygens (including phenoxy) is 1. The Hall–Kier alpha value is -0.680. The quantitative estimate of drug-likeness (QED) is 0.776. The molecule has 0 saturated heterocycles. The van der Waals surface area contributed by atoms with Crippen LogP contribution in [0, 0.1) is 6.92 Å². The van der Waals surface area contributed by atoms with Gasteiger partial charge >= 0.3 is 5.97 Å². The second-order valence-electron chi connectivity index (χ2n) is 3.88. The highest BCUT2D eigenvalue weighted by Crippen LogP contribution is 2.27. The number of aromatic nitrogens is 2. The van der Waals surface area contributed by atoms with E-state index in [4.69, 9.17) is 11.6 Å². The molecule has 0 aliphatic rings. The molecular weight excluding hydrogens is 260 g/mol. The van der Waals surface area contributed by atoms with Crippen LogP contribution < -0.4 is 0 Å². The van der Waals surface area contributed by atoms with E-state index < -0.39 is 0 Å². The zero-order valence-corrected chi connectivity index (χ0v) is 12.1. The Kier molecular flexibility index (Phi) is 5.33. The molecule has 0 aliphatic heterocycles. The summed E-state index contributed by atoms with van der Waals surface area (Å²) in [5.41, 5.74) is 1.98. The lowest BCUT2D eigenvalue weighted by atomic mass is 10.3. The van der Waals surface area contributed by atoms with Gasteiger partial charge in [0.1, 0.15) is 5.15 Å². The number of methoxy groups -OCH3 is 1. The first kappa shape index (κ1) is 14.4. The van der Waals surface area contributed by atoms with Crippen LogP contribution in [0.3, 0.4) is 0 Å². The Labute approximate surface area is 111 Å². The molecule has 0 fully saturated rings. The van der Waals surface area contributed by atoms with E-state index in [2.05, 4.69) is 9.84 Å². The summed E-state index contributed by atoms with van der Waals surface area (Å²) in [6.45, 7) is 3.94. The summed E-state index contributed by atoms with van der Waals surface area (Å²) in [6, 6.07) is 0. The van der Waals surface area contributed by atoms with Gasteiger partial charge in [-0.3, -0.25) is 9.48 Å². The Morgan fingerprint density at radius 1 is 1.65 bits per heavy atom. The fraction of sp³-hybridized carbons (Fsp3) is 0.636. The van der Waals surface area contributed by atoms with Crippen molar-refractivity contribution in [3.05, 3.63) is 16.4 Å². The topological polar surface area (TPSA) is 44.1 Å². The van der Waals surface area contributed by atoms with Crippen LogP contribution in [0.2, 0.25) is 5.15 Å². The minimum atomic E-state index is -0.181. The highest BCUT2D eigenvalue weighted by atomic mass is 35.5. The van der Waals surface area contributed by atoms with E-state index >= 15 is 0 Å². The summed E-state index contributed by atoms with van der Waals surface area (Å²) < 4.78 is 6.29. The van der Waals surface area contributed by atoms with Gasteiger partial charge in [-0.1, -0.05) is 18.5 Å². The van der Waals surface area contributed by atoms with Crippen molar-refractivity contribution in [1.29, 1.82) is 0 Å². The largest absolute Gasteiger partial charge is 0.469 e. The summed E-state index contributed by atoms with van der Waals surface area (Å²) in [7, 11) is 3.23. The molecule has 1 unspecified atom stereocenters. The van der Waals surface area contributed by atoms with Crippen molar-refractivity contribution in [2.24, 2.45) is 7.05 Å². The number of carbonyl (C=O) groups excluding carboxylic acids is 1. The fourth-order valence-electron chi connectivity index (χ4n) is 1.44. The van der Waals surface area contributed by atoms with Crippen LogP contribution in [-0.4, -0.2) is 28.1 Å². The molecule has 1 aromatic rings. The summed E-state index contributed by atoms with van der Waals surface area (Å²) in [6.07, 6.45) is 0.415. The maximum absolute atomic E-state index is 11.1. The van der Waals surface area contributed by atoms with Crippen LogP contribution >= 0.6 is 23.4 Å². The van der Waals surface area contributed by atoms with Crippen LogP contribution in [0.25, 0.3) is 0 Å². The van der Waals surface area contributed by atoms with Crippen molar-refractivity contribution in [2.75, 3.05) is 7.11 Å². The maximum atomic E-state index is 11.1. The number of rotatable bonds is 5. The van der Waals surface area contributed by atoms with Gasteiger partial charge in [0.25, 0.3) is 0 Å². The number of thioether (sulfide) groups is 1. The van der Waals surface area contributed by atoms with E-state index in [1.54, 1.807) is 16.4 Å². The van der Waals surface area contributed by atoms with Crippen LogP contribution in [-0.2, 0) is 22.3 Å². The lowest BCUT2D eigenvalue weighted by molar-refractivity contribution is -0.140. The monoisotopic (exact) mass is 276 g/mol. The normalized spacial score (nSPS) is 12.5. The second kappa shape index (κ2) is 6.31. The first-order valence-electron chi connectivity index (χ1n) is 5.32. The van der Waals surface area contributed by atoms with Gasteiger partial charge in [0, 0.05) is 23.6 Å². The SMILES string of the molecule is COC(=O)CC(C)SCc1c(C)nn(C)c1Cl. The highest BCUT2D eigenvalue weighted by Gasteiger charge is 2.14. The van der Waals surface area contributed by atoms with Crippen molar-refractivity contribution in [2.45, 2.75) is 31.3 Å². The van der Waals surface area contributed by atoms with Gasteiger partial charge in [0.15, 0.2) is 0 Å². The Morgan fingerprint density at radius 3 is 2.76 bits per heavy atom. The maximum Gasteiger partial charge on any atom is 0.306 e. The van der Waals surface area contributed by atoms with Gasteiger partial charge in [-0.05, 0) is 6.92 Å². The first-order chi connectivity index (χ1) is 7.95. The Bertz CT molecular complexity index is 406. The van der Waals surface area contributed by atoms with Crippen molar-refractivity contribution in [3.8, 4) is 0 Å². The van der Waals surface area contributed by atoms with E-state index in [0.717, 1.165) is 17.0 Å². The summed E-state index contributed by atoms with van der Waals surface area (Å²) >= 11 is 7.80. The van der Waals surface area contributed by atoms with Gasteiger partial charge < -0.3 is 4.74 Å². The Balaban J connectivity index is 2.53. The third-order valence-electron chi connectivity index (χ3n) is 2.46. The molecule has 0 saturated carbocycles. The van der Waals surface area contributed by atoms with Gasteiger partial charge in [0.05, 0.1) is 19.2 Å². The van der Waals surface area contributed by atoms with Crippen molar-refractivity contribution >= 4 is 29.3 Å². The molecule has 1 atom stereocenters. The van der Waals surface area contributed by atoms with Crippen LogP contribution in [0.4, 0.5) is 0 Å². The zero-order chi connectivity index (χ0) is 13.0. The molecule has 6 heteroatoms. The minimum absolute atomic E-state index is 0.181. The summed E-state index contributed by atoms with van der Waals surface area (Å²) in [5, 5.41) is 5.12. The van der Waals surface area contributed by atoms with Crippen LogP contribution in [0.15, 0.2) is 0 Å². The molecule has 0 amide bonds. The third-order valence-corrected chi connectivity index (χ3v) is 4.13. The van der Waals surface area contributed by atoms with Gasteiger partial charge in [-0.15, -0.1) is 0 Å². The molecule has 1 heterocycles. The lowest BCUT2D eigenvalue weighted by Gasteiger charge is -2.09. The third kappa shape index (κ3) is 3.92. The molecule has 0 aliphatic carbocycles. The molecule has 0 bridgehead atoms. The number of hydrogen-bond acceptors (Lipinski definition) is 4. The van der Waals surface area contributed by atoms with E-state index in [9.17, 15) is 4.79 Å².